The van der Waals surface area contributed by atoms with Crippen LogP contribution < -0.4 is 16.4 Å². The Balaban J connectivity index is 2.13. The van der Waals surface area contributed by atoms with Gasteiger partial charge in [0, 0.05) is 4.75 Å². The highest BCUT2D eigenvalue weighted by Crippen LogP contribution is 2.39. The van der Waals surface area contributed by atoms with Crippen LogP contribution in [0.3, 0.4) is 0 Å². The number of thioether (sulfide) groups is 1. The molecule has 1 aliphatic heterocycles. The molecule has 1 unspecified atom stereocenters. The molecule has 1 aromatic carbocycles. The molecule has 0 radical (unpaired) electrons. The van der Waals surface area contributed by atoms with Crippen LogP contribution in [0.15, 0.2) is 24.3 Å². The van der Waals surface area contributed by atoms with Crippen LogP contribution in [-0.4, -0.2) is 55.4 Å². The van der Waals surface area contributed by atoms with Crippen molar-refractivity contribution in [2.75, 3.05) is 0 Å². The van der Waals surface area contributed by atoms with Crippen molar-refractivity contribution in [1.29, 1.82) is 0 Å². The standard InChI is InChI=1S/C16H21N3O6S/c1-16(2)11(15(24)25)19-13(26-16)10(14(22)23)18-12(21)9(17)7-3-5-8(20)6-4-7/h3-6,9-11,13,19-20H,17H2,1-2H3,(H,18,21)(H,22,23)(H,24,25)/t9-,10-,11-,13?/m0/s1. The summed E-state index contributed by atoms with van der Waals surface area (Å²) in [6, 6.07) is 2.20. The summed E-state index contributed by atoms with van der Waals surface area (Å²) >= 11 is 1.13. The lowest BCUT2D eigenvalue weighted by Crippen LogP contribution is -2.55. The number of carboxylic acid groups (broad SMARTS) is 2. The lowest BCUT2D eigenvalue weighted by Gasteiger charge is -2.23. The molecule has 26 heavy (non-hydrogen) atoms. The zero-order chi connectivity index (χ0) is 19.6. The first-order valence-electron chi connectivity index (χ1n) is 7.77. The second-order valence-corrected chi connectivity index (χ2v) is 8.27. The number of aromatic hydroxyl groups is 1. The van der Waals surface area contributed by atoms with E-state index >= 15 is 0 Å². The Morgan fingerprint density at radius 3 is 2.27 bits per heavy atom. The number of carboxylic acids is 2. The van der Waals surface area contributed by atoms with E-state index in [-0.39, 0.29) is 5.75 Å². The predicted octanol–water partition coefficient (Wildman–Crippen LogP) is -0.144. The maximum Gasteiger partial charge on any atom is 0.328 e. The van der Waals surface area contributed by atoms with E-state index in [1.807, 2.05) is 0 Å². The Bertz CT molecular complexity index is 708. The minimum absolute atomic E-state index is 0.0123. The van der Waals surface area contributed by atoms with E-state index in [1.165, 1.54) is 24.3 Å². The summed E-state index contributed by atoms with van der Waals surface area (Å²) < 4.78 is -0.756. The van der Waals surface area contributed by atoms with Gasteiger partial charge in [-0.15, -0.1) is 11.8 Å². The molecular weight excluding hydrogens is 362 g/mol. The van der Waals surface area contributed by atoms with Crippen LogP contribution in [0.5, 0.6) is 5.75 Å². The summed E-state index contributed by atoms with van der Waals surface area (Å²) in [5.74, 6) is -3.11. The van der Waals surface area contributed by atoms with Crippen LogP contribution in [0.1, 0.15) is 25.5 Å². The SMILES string of the molecule is CC1(C)SC([C@H](NC(=O)[C@@H](N)c2ccc(O)cc2)C(=O)O)N[C@H]1C(=O)O. The van der Waals surface area contributed by atoms with Gasteiger partial charge in [0.2, 0.25) is 5.91 Å². The molecule has 0 spiro atoms. The first kappa shape index (κ1) is 20.0. The van der Waals surface area contributed by atoms with Crippen molar-refractivity contribution >= 4 is 29.6 Å². The summed E-state index contributed by atoms with van der Waals surface area (Å²) in [6.07, 6.45) is 0. The molecule has 10 heteroatoms. The number of nitrogens with one attached hydrogen (secondary N) is 2. The van der Waals surface area contributed by atoms with Crippen LogP contribution in [0.2, 0.25) is 0 Å². The summed E-state index contributed by atoms with van der Waals surface area (Å²) in [6.45, 7) is 3.37. The topological polar surface area (TPSA) is 162 Å². The number of nitrogens with two attached hydrogens (primary N) is 1. The maximum atomic E-state index is 12.4. The molecule has 1 aromatic rings. The molecule has 0 aromatic heterocycles. The van der Waals surface area contributed by atoms with Crippen molar-refractivity contribution in [1.82, 2.24) is 10.6 Å². The Morgan fingerprint density at radius 1 is 1.23 bits per heavy atom. The van der Waals surface area contributed by atoms with Crippen molar-refractivity contribution in [3.8, 4) is 5.75 Å². The molecule has 0 aliphatic carbocycles. The fourth-order valence-electron chi connectivity index (χ4n) is 2.67. The normalized spacial score (nSPS) is 23.8. The molecule has 0 bridgehead atoms. The third kappa shape index (κ3) is 4.26. The van der Waals surface area contributed by atoms with Crippen molar-refractivity contribution in [2.24, 2.45) is 5.73 Å². The Hall–Kier alpha value is -2.30. The Kier molecular flexibility index (Phi) is 5.79. The minimum atomic E-state index is -1.36. The van der Waals surface area contributed by atoms with Crippen LogP contribution in [0.4, 0.5) is 0 Å². The predicted molar refractivity (Wildman–Crippen MR) is 94.6 cm³/mol. The minimum Gasteiger partial charge on any atom is -0.508 e. The molecule has 1 saturated heterocycles. The lowest BCUT2D eigenvalue weighted by molar-refractivity contribution is -0.143. The van der Waals surface area contributed by atoms with Gasteiger partial charge in [-0.05, 0) is 31.5 Å². The van der Waals surface area contributed by atoms with Crippen molar-refractivity contribution < 1.29 is 29.7 Å². The number of hydrogen-bond donors (Lipinski definition) is 6. The smallest absolute Gasteiger partial charge is 0.328 e. The van der Waals surface area contributed by atoms with Crippen molar-refractivity contribution in [3.63, 3.8) is 0 Å². The van der Waals surface area contributed by atoms with Crippen LogP contribution in [-0.2, 0) is 14.4 Å². The van der Waals surface area contributed by atoms with Gasteiger partial charge in [0.05, 0.1) is 5.37 Å². The number of benzene rings is 1. The van der Waals surface area contributed by atoms with E-state index in [0.717, 1.165) is 11.8 Å². The summed E-state index contributed by atoms with van der Waals surface area (Å²) in [7, 11) is 0. The van der Waals surface area contributed by atoms with E-state index < -0.39 is 46.1 Å². The van der Waals surface area contributed by atoms with Crippen LogP contribution >= 0.6 is 11.8 Å². The van der Waals surface area contributed by atoms with Gasteiger partial charge in [-0.2, -0.15) is 0 Å². The maximum absolute atomic E-state index is 12.4. The monoisotopic (exact) mass is 383 g/mol. The summed E-state index contributed by atoms with van der Waals surface area (Å²) in [4.78, 5) is 35.3. The van der Waals surface area contributed by atoms with Gasteiger partial charge in [-0.3, -0.25) is 14.9 Å². The van der Waals surface area contributed by atoms with E-state index in [4.69, 9.17) is 5.73 Å². The second-order valence-electron chi connectivity index (χ2n) is 6.47. The second kappa shape index (κ2) is 7.52. The number of carbonyl (C=O) groups is 3. The van der Waals surface area contributed by atoms with Crippen molar-refractivity contribution in [2.45, 2.75) is 42.1 Å². The first-order chi connectivity index (χ1) is 12.0. The van der Waals surface area contributed by atoms with Gasteiger partial charge in [0.15, 0.2) is 6.04 Å². The molecule has 1 aliphatic rings. The number of aliphatic carboxylic acids is 2. The van der Waals surface area contributed by atoms with E-state index in [1.54, 1.807) is 13.8 Å². The third-order valence-corrected chi connectivity index (χ3v) is 5.61. The van der Waals surface area contributed by atoms with Gasteiger partial charge in [-0.1, -0.05) is 12.1 Å². The highest BCUT2D eigenvalue weighted by molar-refractivity contribution is 8.01. The number of amides is 1. The number of phenols is 1. The first-order valence-corrected chi connectivity index (χ1v) is 8.65. The molecule has 1 heterocycles. The molecule has 4 atom stereocenters. The Morgan fingerprint density at radius 2 is 1.81 bits per heavy atom. The van der Waals surface area contributed by atoms with Gasteiger partial charge >= 0.3 is 11.9 Å². The highest BCUT2D eigenvalue weighted by atomic mass is 32.2. The molecule has 2 rings (SSSR count). The van der Waals surface area contributed by atoms with E-state index in [2.05, 4.69) is 10.6 Å². The summed E-state index contributed by atoms with van der Waals surface area (Å²) in [5.41, 5.74) is 6.26. The number of hydrogen-bond acceptors (Lipinski definition) is 7. The number of phenolic OH excluding ortho intramolecular Hbond substituents is 1. The average molecular weight is 383 g/mol. The molecule has 7 N–H and O–H groups in total. The number of rotatable bonds is 6. The molecule has 1 amide bonds. The van der Waals surface area contributed by atoms with Gasteiger partial charge < -0.3 is 26.4 Å². The quantitative estimate of drug-likeness (QED) is 0.392. The third-order valence-electron chi connectivity index (χ3n) is 4.11. The molecule has 142 valence electrons. The fourth-order valence-corrected chi connectivity index (χ4v) is 4.15. The number of carbonyl (C=O) groups excluding carboxylic acids is 1. The lowest BCUT2D eigenvalue weighted by atomic mass is 10.0. The molecule has 0 saturated carbocycles. The Labute approximate surface area is 154 Å². The zero-order valence-electron chi connectivity index (χ0n) is 14.2. The van der Waals surface area contributed by atoms with Gasteiger partial charge in [-0.25, -0.2) is 4.79 Å². The molecule has 9 nitrogen and oxygen atoms in total. The van der Waals surface area contributed by atoms with Crippen molar-refractivity contribution in [3.05, 3.63) is 29.8 Å². The molecular formula is C16H21N3O6S. The van der Waals surface area contributed by atoms with Gasteiger partial charge in [0.25, 0.3) is 0 Å². The highest BCUT2D eigenvalue weighted by Gasteiger charge is 2.49. The van der Waals surface area contributed by atoms with E-state index in [9.17, 15) is 29.7 Å². The largest absolute Gasteiger partial charge is 0.508 e. The zero-order valence-corrected chi connectivity index (χ0v) is 15.0. The van der Waals surface area contributed by atoms with E-state index in [0.29, 0.717) is 5.56 Å². The fraction of sp³-hybridized carbons (Fsp3) is 0.438. The van der Waals surface area contributed by atoms with Gasteiger partial charge in [0.1, 0.15) is 17.8 Å². The average Bonchev–Trinajstić information content (AvgIpc) is 2.87. The molecule has 1 fully saturated rings. The summed E-state index contributed by atoms with van der Waals surface area (Å²) in [5, 5.41) is 32.3. The van der Waals surface area contributed by atoms with Crippen LogP contribution in [0.25, 0.3) is 0 Å². The van der Waals surface area contributed by atoms with Crippen LogP contribution in [0, 0.1) is 0 Å².